The van der Waals surface area contributed by atoms with E-state index in [0.717, 1.165) is 31.2 Å². The van der Waals surface area contributed by atoms with Gasteiger partial charge in [0, 0.05) is 31.7 Å². The molecule has 2 unspecified atom stereocenters. The zero-order chi connectivity index (χ0) is 19.9. The number of nitrogens with one attached hydrogen (secondary N) is 1. The van der Waals surface area contributed by atoms with Gasteiger partial charge in [0.2, 0.25) is 5.91 Å². The zero-order valence-electron chi connectivity index (χ0n) is 16.1. The molecule has 1 aromatic carbocycles. The molecule has 6 nitrogen and oxygen atoms in total. The summed E-state index contributed by atoms with van der Waals surface area (Å²) in [5, 5.41) is 0.379. The lowest BCUT2D eigenvalue weighted by Gasteiger charge is -2.25. The third-order valence-corrected chi connectivity index (χ3v) is 5.00. The fourth-order valence-electron chi connectivity index (χ4n) is 3.27. The van der Waals surface area contributed by atoms with Crippen LogP contribution in [0.4, 0.5) is 0 Å². The molecule has 1 aromatic heterocycles. The van der Waals surface area contributed by atoms with Gasteiger partial charge in [-0.3, -0.25) is 4.79 Å². The number of ether oxygens (including phenoxy) is 2. The number of aryl methyl sites for hydroxylation is 1. The minimum atomic E-state index is -0.419. The van der Waals surface area contributed by atoms with Crippen molar-refractivity contribution in [3.05, 3.63) is 52.8 Å². The molecule has 0 aliphatic heterocycles. The number of carbonyl (C=O) groups excluding carboxylic acids is 1. The number of amides is 1. The molecule has 0 bridgehead atoms. The summed E-state index contributed by atoms with van der Waals surface area (Å²) >= 11 is 5.91. The van der Waals surface area contributed by atoms with E-state index < -0.39 is 6.29 Å². The Morgan fingerprint density at radius 2 is 2.11 bits per heavy atom. The molecule has 3 rings (SSSR count). The molecule has 0 fully saturated rings. The summed E-state index contributed by atoms with van der Waals surface area (Å²) in [5.41, 5.74) is 4.92. The van der Waals surface area contributed by atoms with Crippen molar-refractivity contribution in [3.8, 4) is 11.5 Å². The summed E-state index contributed by atoms with van der Waals surface area (Å²) in [6.07, 6.45) is 5.09. The van der Waals surface area contributed by atoms with Gasteiger partial charge in [-0.2, -0.15) is 0 Å². The Bertz CT molecular complexity index is 815. The molecule has 0 saturated carbocycles. The first kappa shape index (κ1) is 20.6. The maximum atomic E-state index is 12.5. The van der Waals surface area contributed by atoms with Crippen LogP contribution < -0.4 is 10.2 Å². The fourth-order valence-corrected chi connectivity index (χ4v) is 3.44. The topological polar surface area (TPSA) is 69.7 Å². The van der Waals surface area contributed by atoms with Crippen molar-refractivity contribution in [2.45, 2.75) is 45.3 Å². The highest BCUT2D eigenvalue weighted by atomic mass is 35.5. The Balaban J connectivity index is 1.62. The Labute approximate surface area is 170 Å². The summed E-state index contributed by atoms with van der Waals surface area (Å²) in [4.78, 5) is 21.8. The van der Waals surface area contributed by atoms with Crippen molar-refractivity contribution in [2.24, 2.45) is 5.92 Å². The van der Waals surface area contributed by atoms with E-state index in [9.17, 15) is 4.79 Å². The van der Waals surface area contributed by atoms with Crippen molar-refractivity contribution in [2.75, 3.05) is 7.11 Å². The third-order valence-electron chi connectivity index (χ3n) is 4.79. The lowest BCUT2D eigenvalue weighted by atomic mass is 9.83. The van der Waals surface area contributed by atoms with E-state index in [1.54, 1.807) is 25.4 Å². The largest absolute Gasteiger partial charge is 0.457 e. The minimum absolute atomic E-state index is 0.115. The van der Waals surface area contributed by atoms with E-state index in [1.165, 1.54) is 5.56 Å². The average Bonchev–Trinajstić information content (AvgIpc) is 2.70. The first-order valence-electron chi connectivity index (χ1n) is 9.48. The quantitative estimate of drug-likeness (QED) is 0.400. The van der Waals surface area contributed by atoms with Crippen molar-refractivity contribution >= 4 is 17.5 Å². The highest BCUT2D eigenvalue weighted by molar-refractivity contribution is 6.29. The number of halogens is 1. The number of hydroxylamine groups is 1. The Morgan fingerprint density at radius 3 is 2.86 bits per heavy atom. The Morgan fingerprint density at radius 1 is 1.29 bits per heavy atom. The molecule has 1 heterocycles. The van der Waals surface area contributed by atoms with E-state index in [2.05, 4.69) is 16.5 Å². The minimum Gasteiger partial charge on any atom is -0.457 e. The molecule has 1 amide bonds. The van der Waals surface area contributed by atoms with Gasteiger partial charge in [-0.1, -0.05) is 31.0 Å². The molecule has 1 aliphatic carbocycles. The number of pyridine rings is 1. The highest BCUT2D eigenvalue weighted by Crippen LogP contribution is 2.31. The Kier molecular flexibility index (Phi) is 7.25. The molecule has 2 atom stereocenters. The number of methoxy groups -OCH3 is 1. The zero-order valence-corrected chi connectivity index (χ0v) is 16.9. The monoisotopic (exact) mass is 404 g/mol. The van der Waals surface area contributed by atoms with E-state index in [4.69, 9.17) is 25.9 Å². The standard InChI is InChI=1S/C21H25ClN2O4/c1-3-4-20(26-2)28-24-21(25)15-6-5-14-7-8-17(12-16(14)11-15)27-18-9-10-23-19(22)13-18/h7-10,12-13,15,20H,3-6,11H2,1-2H3,(H,24,25). The number of hydrogen-bond donors (Lipinski definition) is 1. The van der Waals surface area contributed by atoms with Crippen molar-refractivity contribution in [1.29, 1.82) is 0 Å². The number of rotatable bonds is 8. The Hall–Kier alpha value is -2.15. The van der Waals surface area contributed by atoms with Gasteiger partial charge in [0.25, 0.3) is 0 Å². The van der Waals surface area contributed by atoms with Gasteiger partial charge < -0.3 is 9.47 Å². The molecule has 1 aliphatic rings. The van der Waals surface area contributed by atoms with Crippen LogP contribution in [0.2, 0.25) is 5.15 Å². The summed E-state index contributed by atoms with van der Waals surface area (Å²) < 4.78 is 11.1. The highest BCUT2D eigenvalue weighted by Gasteiger charge is 2.26. The fraction of sp³-hybridized carbons (Fsp3) is 0.429. The SMILES string of the molecule is CCCC(OC)ONC(=O)C1CCc2ccc(Oc3ccnc(Cl)c3)cc2C1. The lowest BCUT2D eigenvalue weighted by Crippen LogP contribution is -2.37. The second kappa shape index (κ2) is 9.87. The number of benzene rings is 1. The molecular weight excluding hydrogens is 380 g/mol. The van der Waals surface area contributed by atoms with Gasteiger partial charge in [-0.15, -0.1) is 0 Å². The maximum absolute atomic E-state index is 12.5. The first-order chi connectivity index (χ1) is 13.6. The summed E-state index contributed by atoms with van der Waals surface area (Å²) in [5.74, 6) is 1.08. The van der Waals surface area contributed by atoms with E-state index >= 15 is 0 Å². The average molecular weight is 405 g/mol. The van der Waals surface area contributed by atoms with Crippen molar-refractivity contribution < 1.29 is 19.1 Å². The maximum Gasteiger partial charge on any atom is 0.247 e. The molecular formula is C21H25ClN2O4. The molecule has 1 N–H and O–H groups in total. The number of fused-ring (bicyclic) bond motifs is 1. The smallest absolute Gasteiger partial charge is 0.247 e. The van der Waals surface area contributed by atoms with Crippen LogP contribution in [-0.2, 0) is 27.2 Å². The normalized spacial score (nSPS) is 16.9. The third kappa shape index (κ3) is 5.44. The van der Waals surface area contributed by atoms with Crippen LogP contribution in [0.15, 0.2) is 36.5 Å². The van der Waals surface area contributed by atoms with Crippen molar-refractivity contribution in [3.63, 3.8) is 0 Å². The predicted octanol–water partition coefficient (Wildman–Crippen LogP) is 4.45. The van der Waals surface area contributed by atoms with Crippen LogP contribution in [-0.4, -0.2) is 24.3 Å². The van der Waals surface area contributed by atoms with Gasteiger partial charge in [-0.05, 0) is 48.6 Å². The van der Waals surface area contributed by atoms with Crippen LogP contribution in [0.25, 0.3) is 0 Å². The van der Waals surface area contributed by atoms with E-state index in [0.29, 0.717) is 23.1 Å². The first-order valence-corrected chi connectivity index (χ1v) is 9.86. The molecule has 0 spiro atoms. The van der Waals surface area contributed by atoms with Gasteiger partial charge in [0.05, 0.1) is 0 Å². The molecule has 28 heavy (non-hydrogen) atoms. The van der Waals surface area contributed by atoms with Crippen molar-refractivity contribution in [1.82, 2.24) is 10.5 Å². The number of nitrogens with zero attached hydrogens (tertiary/aromatic N) is 1. The van der Waals surface area contributed by atoms with E-state index in [-0.39, 0.29) is 11.8 Å². The molecule has 7 heteroatoms. The number of carbonyl (C=O) groups is 1. The number of hydrogen-bond acceptors (Lipinski definition) is 5. The van der Waals surface area contributed by atoms with Crippen LogP contribution in [0, 0.1) is 5.92 Å². The van der Waals surface area contributed by atoms with E-state index in [1.807, 2.05) is 19.1 Å². The number of aromatic nitrogens is 1. The summed E-state index contributed by atoms with van der Waals surface area (Å²) in [6, 6.07) is 9.39. The summed E-state index contributed by atoms with van der Waals surface area (Å²) in [6.45, 7) is 2.04. The second-order valence-electron chi connectivity index (χ2n) is 6.82. The van der Waals surface area contributed by atoms with Crippen LogP contribution in [0.5, 0.6) is 11.5 Å². The molecule has 150 valence electrons. The van der Waals surface area contributed by atoms with Crippen LogP contribution >= 0.6 is 11.6 Å². The van der Waals surface area contributed by atoms with Gasteiger partial charge >= 0.3 is 0 Å². The van der Waals surface area contributed by atoms with Gasteiger partial charge in [0.15, 0.2) is 6.29 Å². The van der Waals surface area contributed by atoms with Crippen LogP contribution in [0.1, 0.15) is 37.3 Å². The molecule has 0 radical (unpaired) electrons. The lowest BCUT2D eigenvalue weighted by molar-refractivity contribution is -0.182. The van der Waals surface area contributed by atoms with Gasteiger partial charge in [0.1, 0.15) is 16.7 Å². The predicted molar refractivity (Wildman–Crippen MR) is 106 cm³/mol. The summed E-state index contributed by atoms with van der Waals surface area (Å²) in [7, 11) is 1.57. The van der Waals surface area contributed by atoms with Crippen LogP contribution in [0.3, 0.4) is 0 Å². The second-order valence-corrected chi connectivity index (χ2v) is 7.21. The molecule has 2 aromatic rings. The van der Waals surface area contributed by atoms with Gasteiger partial charge in [-0.25, -0.2) is 15.3 Å². The molecule has 0 saturated heterocycles.